The summed E-state index contributed by atoms with van der Waals surface area (Å²) >= 11 is 0. The molecule has 4 heteroatoms. The van der Waals surface area contributed by atoms with Crippen LogP contribution in [0.4, 0.5) is 0 Å². The molecule has 0 fully saturated rings. The zero-order valence-electron chi connectivity index (χ0n) is 14.3. The molecule has 1 N–H and O–H groups in total. The zero-order chi connectivity index (χ0) is 16.5. The first kappa shape index (κ1) is 18.2. The minimum Gasteiger partial charge on any atom is -0.494 e. The fourth-order valence-electron chi connectivity index (χ4n) is 1.81. The molecule has 0 heterocycles. The number of carbonyl (C=O) groups excluding carboxylic acids is 1. The van der Waals surface area contributed by atoms with Crippen molar-refractivity contribution in [1.29, 1.82) is 0 Å². The molecule has 4 nitrogen and oxygen atoms in total. The molecule has 0 unspecified atom stereocenters. The quantitative estimate of drug-likeness (QED) is 0.429. The lowest BCUT2D eigenvalue weighted by molar-refractivity contribution is -0.122. The Morgan fingerprint density at radius 2 is 1.82 bits per heavy atom. The number of hydrogen-bond acceptors (Lipinski definition) is 4. The molecule has 1 aromatic rings. The van der Waals surface area contributed by atoms with Crippen LogP contribution in [0, 0.1) is 5.92 Å². The second-order valence-electron chi connectivity index (χ2n) is 6.08. The van der Waals surface area contributed by atoms with E-state index < -0.39 is 0 Å². The molecule has 1 rings (SSSR count). The molecule has 0 aliphatic rings. The third kappa shape index (κ3) is 6.74. The maximum Gasteiger partial charge on any atom is 0.135 e. The van der Waals surface area contributed by atoms with Gasteiger partial charge in [-0.1, -0.05) is 13.8 Å². The maximum absolute atomic E-state index is 11.5. The first-order valence-corrected chi connectivity index (χ1v) is 7.96. The van der Waals surface area contributed by atoms with Gasteiger partial charge in [-0.25, -0.2) is 0 Å². The van der Waals surface area contributed by atoms with E-state index in [2.05, 4.69) is 24.4 Å². The van der Waals surface area contributed by atoms with Crippen molar-refractivity contribution in [2.24, 2.45) is 11.0 Å². The molecular weight excluding hydrogens is 276 g/mol. The number of benzene rings is 1. The highest BCUT2D eigenvalue weighted by molar-refractivity contribution is 5.98. The fourth-order valence-corrected chi connectivity index (χ4v) is 1.81. The van der Waals surface area contributed by atoms with Gasteiger partial charge in [-0.2, -0.15) is 5.10 Å². The highest BCUT2D eigenvalue weighted by Gasteiger charge is 2.06. The van der Waals surface area contributed by atoms with Crippen molar-refractivity contribution < 1.29 is 9.53 Å². The van der Waals surface area contributed by atoms with Crippen molar-refractivity contribution in [2.75, 3.05) is 6.61 Å². The summed E-state index contributed by atoms with van der Waals surface area (Å²) in [5, 5.41) is 4.32. The van der Waals surface area contributed by atoms with Gasteiger partial charge >= 0.3 is 0 Å². The molecule has 0 spiro atoms. The molecule has 0 aliphatic carbocycles. The van der Waals surface area contributed by atoms with Gasteiger partial charge in [0, 0.05) is 18.4 Å². The van der Waals surface area contributed by atoms with E-state index in [-0.39, 0.29) is 5.92 Å². The normalized spacial score (nSPS) is 11.9. The number of rotatable bonds is 9. The monoisotopic (exact) mass is 304 g/mol. The largest absolute Gasteiger partial charge is 0.494 e. The summed E-state index contributed by atoms with van der Waals surface area (Å²) in [6.45, 7) is 10.5. The number of hydrazone groups is 1. The Labute approximate surface area is 134 Å². The highest BCUT2D eigenvalue weighted by atomic mass is 16.5. The van der Waals surface area contributed by atoms with Crippen LogP contribution < -0.4 is 10.2 Å². The van der Waals surface area contributed by atoms with Crippen LogP contribution in [-0.2, 0) is 4.79 Å². The Morgan fingerprint density at radius 3 is 2.36 bits per heavy atom. The van der Waals surface area contributed by atoms with E-state index in [1.54, 1.807) is 0 Å². The minimum absolute atomic E-state index is 0.112. The van der Waals surface area contributed by atoms with Crippen molar-refractivity contribution in [3.63, 3.8) is 0 Å². The van der Waals surface area contributed by atoms with Crippen molar-refractivity contribution in [3.05, 3.63) is 29.8 Å². The van der Waals surface area contributed by atoms with Gasteiger partial charge < -0.3 is 10.2 Å². The lowest BCUT2D eigenvalue weighted by atomic mass is 10.1. The van der Waals surface area contributed by atoms with E-state index in [9.17, 15) is 4.79 Å². The van der Waals surface area contributed by atoms with Crippen LogP contribution in [0.15, 0.2) is 29.4 Å². The fraction of sp³-hybridized carbons (Fsp3) is 0.556. The molecule has 1 aromatic carbocycles. The third-order valence-corrected chi connectivity index (χ3v) is 3.24. The van der Waals surface area contributed by atoms with Crippen LogP contribution in [0.5, 0.6) is 5.75 Å². The van der Waals surface area contributed by atoms with Crippen molar-refractivity contribution in [2.45, 2.75) is 53.5 Å². The molecule has 0 saturated carbocycles. The number of carbonyl (C=O) groups is 1. The number of ketones is 1. The summed E-state index contributed by atoms with van der Waals surface area (Å²) in [5.74, 6) is 1.23. The van der Waals surface area contributed by atoms with Gasteiger partial charge in [0.05, 0.1) is 12.3 Å². The number of nitrogens with one attached hydrogen (secondary N) is 1. The summed E-state index contributed by atoms with van der Waals surface area (Å²) < 4.78 is 5.66. The smallest absolute Gasteiger partial charge is 0.135 e. The zero-order valence-corrected chi connectivity index (χ0v) is 14.3. The average Bonchev–Trinajstić information content (AvgIpc) is 2.49. The van der Waals surface area contributed by atoms with Crippen LogP contribution in [0.1, 0.15) is 53.0 Å². The first-order chi connectivity index (χ1) is 10.4. The predicted molar refractivity (Wildman–Crippen MR) is 91.5 cm³/mol. The molecule has 0 atom stereocenters. The molecule has 0 bridgehead atoms. The summed E-state index contributed by atoms with van der Waals surface area (Å²) in [6, 6.07) is 8.19. The van der Waals surface area contributed by atoms with Crippen molar-refractivity contribution in [1.82, 2.24) is 5.43 Å². The van der Waals surface area contributed by atoms with E-state index in [0.717, 1.165) is 23.4 Å². The highest BCUT2D eigenvalue weighted by Crippen LogP contribution is 2.13. The van der Waals surface area contributed by atoms with Gasteiger partial charge in [-0.3, -0.25) is 4.79 Å². The number of ether oxygens (including phenoxy) is 1. The average molecular weight is 304 g/mol. The van der Waals surface area contributed by atoms with Crippen LogP contribution >= 0.6 is 0 Å². The predicted octanol–water partition coefficient (Wildman–Crippen LogP) is 3.79. The van der Waals surface area contributed by atoms with Crippen LogP contribution in [0.3, 0.4) is 0 Å². The number of hydrogen-bond donors (Lipinski definition) is 1. The van der Waals surface area contributed by atoms with Crippen LogP contribution in [0.2, 0.25) is 0 Å². The van der Waals surface area contributed by atoms with Crippen LogP contribution in [-0.4, -0.2) is 24.1 Å². The summed E-state index contributed by atoms with van der Waals surface area (Å²) in [5.41, 5.74) is 5.06. The maximum atomic E-state index is 11.5. The second-order valence-corrected chi connectivity index (χ2v) is 6.08. The van der Waals surface area contributed by atoms with Gasteiger partial charge in [0.2, 0.25) is 0 Å². The second kappa shape index (κ2) is 9.23. The van der Waals surface area contributed by atoms with E-state index in [4.69, 9.17) is 4.74 Å². The Bertz CT molecular complexity index is 490. The molecular formula is C18H28N2O2. The molecule has 0 aromatic heterocycles. The SMILES string of the molecule is C/C(=N\NC(C)C)c1ccc(OCCCC(=O)C(C)C)cc1. The Balaban J connectivity index is 2.42. The molecule has 0 aliphatic heterocycles. The summed E-state index contributed by atoms with van der Waals surface area (Å²) in [7, 11) is 0. The third-order valence-electron chi connectivity index (χ3n) is 3.24. The van der Waals surface area contributed by atoms with Gasteiger partial charge in [0.15, 0.2) is 0 Å². The number of Topliss-reactive ketones (excluding diaryl/α,β-unsaturated/α-hetero) is 1. The Kier molecular flexibility index (Phi) is 7.64. The Hall–Kier alpha value is -1.84. The van der Waals surface area contributed by atoms with Gasteiger partial charge in [0.25, 0.3) is 0 Å². The van der Waals surface area contributed by atoms with E-state index in [1.807, 2.05) is 45.0 Å². The summed E-state index contributed by atoms with van der Waals surface area (Å²) in [6.07, 6.45) is 1.35. The molecule has 122 valence electrons. The van der Waals surface area contributed by atoms with Crippen LogP contribution in [0.25, 0.3) is 0 Å². The first-order valence-electron chi connectivity index (χ1n) is 7.96. The standard InChI is InChI=1S/C18H28N2O2/c1-13(2)18(21)7-6-12-22-17-10-8-16(9-11-17)15(5)20-19-14(3)4/h8-11,13-14,19H,6-7,12H2,1-5H3/b20-15+. The van der Waals surface area contributed by atoms with E-state index >= 15 is 0 Å². The topological polar surface area (TPSA) is 50.7 Å². The molecule has 0 amide bonds. The lowest BCUT2D eigenvalue weighted by Gasteiger charge is -2.09. The molecule has 22 heavy (non-hydrogen) atoms. The van der Waals surface area contributed by atoms with E-state index in [1.165, 1.54) is 0 Å². The molecule has 0 saturated heterocycles. The van der Waals surface area contributed by atoms with Crippen molar-refractivity contribution >= 4 is 11.5 Å². The van der Waals surface area contributed by atoms with Gasteiger partial charge in [0.1, 0.15) is 11.5 Å². The number of nitrogens with zero attached hydrogens (tertiary/aromatic N) is 1. The minimum atomic E-state index is 0.112. The lowest BCUT2D eigenvalue weighted by Crippen LogP contribution is -2.18. The van der Waals surface area contributed by atoms with Crippen molar-refractivity contribution in [3.8, 4) is 5.75 Å². The Morgan fingerprint density at radius 1 is 1.18 bits per heavy atom. The van der Waals surface area contributed by atoms with E-state index in [0.29, 0.717) is 24.9 Å². The van der Waals surface area contributed by atoms with Gasteiger partial charge in [-0.15, -0.1) is 0 Å². The molecule has 0 radical (unpaired) electrons. The summed E-state index contributed by atoms with van der Waals surface area (Å²) in [4.78, 5) is 11.5. The van der Waals surface area contributed by atoms with Gasteiger partial charge in [-0.05, 0) is 57.0 Å².